The topological polar surface area (TPSA) is 73.2 Å². The molecule has 136 valence electrons. The van der Waals surface area contributed by atoms with Gasteiger partial charge in [0.1, 0.15) is 4.83 Å². The summed E-state index contributed by atoms with van der Waals surface area (Å²) in [5.74, 6) is -0.195. The summed E-state index contributed by atoms with van der Waals surface area (Å²) in [6.45, 7) is 6.78. The van der Waals surface area contributed by atoms with Crippen molar-refractivity contribution in [3.8, 4) is 0 Å². The molecule has 3 heterocycles. The average Bonchev–Trinajstić information content (AvgIpc) is 2.92. The molecule has 0 aliphatic heterocycles. The second-order valence-electron chi connectivity index (χ2n) is 6.21. The van der Waals surface area contributed by atoms with Gasteiger partial charge in [-0.2, -0.15) is 0 Å². The van der Waals surface area contributed by atoms with E-state index in [0.717, 1.165) is 27.0 Å². The smallest absolute Gasteiger partial charge is 0.266 e. The van der Waals surface area contributed by atoms with Gasteiger partial charge in [-0.3, -0.25) is 9.59 Å². The van der Waals surface area contributed by atoms with Crippen LogP contribution in [0.25, 0.3) is 10.2 Å². The largest absolute Gasteiger partial charge is 0.383 e. The number of hydrogen-bond donors (Lipinski definition) is 1. The number of nitrogens with zero attached hydrogens (tertiary/aromatic N) is 2. The third kappa shape index (κ3) is 3.54. The standard InChI is InChI=1S/C19H21N3O3S/c1-11-9-12(2)20-19-16(11)13(3)17(26-19)18(24)21-14-5-6-15(23)22(10-14)7-8-25-4/h5-6,9-10H,7-8H2,1-4H3,(H,21,24). The average molecular weight is 371 g/mol. The quantitative estimate of drug-likeness (QED) is 0.747. The highest BCUT2D eigenvalue weighted by Gasteiger charge is 2.18. The van der Waals surface area contributed by atoms with Gasteiger partial charge in [-0.25, -0.2) is 4.98 Å². The van der Waals surface area contributed by atoms with Crippen molar-refractivity contribution in [3.05, 3.63) is 56.4 Å². The van der Waals surface area contributed by atoms with Crippen molar-refractivity contribution in [1.29, 1.82) is 0 Å². The third-order valence-electron chi connectivity index (χ3n) is 4.21. The molecule has 3 rings (SSSR count). The molecule has 0 saturated heterocycles. The summed E-state index contributed by atoms with van der Waals surface area (Å²) in [4.78, 5) is 30.7. The Morgan fingerprint density at radius 2 is 2.08 bits per heavy atom. The molecule has 0 aliphatic rings. The lowest BCUT2D eigenvalue weighted by Crippen LogP contribution is -2.22. The number of amides is 1. The summed E-state index contributed by atoms with van der Waals surface area (Å²) < 4.78 is 6.53. The molecule has 26 heavy (non-hydrogen) atoms. The molecule has 6 nitrogen and oxygen atoms in total. The van der Waals surface area contributed by atoms with Crippen LogP contribution in [-0.4, -0.2) is 29.2 Å². The number of pyridine rings is 2. The van der Waals surface area contributed by atoms with Gasteiger partial charge in [0.05, 0.1) is 17.2 Å². The van der Waals surface area contributed by atoms with Crippen molar-refractivity contribution in [2.45, 2.75) is 27.3 Å². The second-order valence-corrected chi connectivity index (χ2v) is 7.21. The first-order valence-corrected chi connectivity index (χ1v) is 9.10. The summed E-state index contributed by atoms with van der Waals surface area (Å²) in [6.07, 6.45) is 1.63. The summed E-state index contributed by atoms with van der Waals surface area (Å²) in [7, 11) is 1.58. The van der Waals surface area contributed by atoms with Crippen LogP contribution in [0.2, 0.25) is 0 Å². The number of fused-ring (bicyclic) bond motifs is 1. The molecule has 0 bridgehead atoms. The molecule has 0 aromatic carbocycles. The van der Waals surface area contributed by atoms with Crippen molar-refractivity contribution >= 4 is 33.1 Å². The van der Waals surface area contributed by atoms with Gasteiger partial charge in [-0.05, 0) is 44.0 Å². The normalized spacial score (nSPS) is 11.1. The molecular weight excluding hydrogens is 350 g/mol. The van der Waals surface area contributed by atoms with E-state index in [1.54, 1.807) is 19.4 Å². The fourth-order valence-corrected chi connectivity index (χ4v) is 4.19. The lowest BCUT2D eigenvalue weighted by Gasteiger charge is -2.09. The van der Waals surface area contributed by atoms with E-state index in [1.165, 1.54) is 22.0 Å². The molecule has 0 unspecified atom stereocenters. The van der Waals surface area contributed by atoms with E-state index in [-0.39, 0.29) is 11.5 Å². The van der Waals surface area contributed by atoms with Crippen LogP contribution in [0.4, 0.5) is 5.69 Å². The first kappa shape index (κ1) is 18.3. The monoisotopic (exact) mass is 371 g/mol. The highest BCUT2D eigenvalue weighted by Crippen LogP contribution is 2.32. The van der Waals surface area contributed by atoms with Crippen molar-refractivity contribution in [3.63, 3.8) is 0 Å². The summed E-state index contributed by atoms with van der Waals surface area (Å²) in [5.41, 5.74) is 3.43. The number of carbonyl (C=O) groups is 1. The fraction of sp³-hybridized carbons (Fsp3) is 0.316. The van der Waals surface area contributed by atoms with Crippen LogP contribution in [0.3, 0.4) is 0 Å². The number of anilines is 1. The number of methoxy groups -OCH3 is 1. The number of carbonyl (C=O) groups excluding carboxylic acids is 1. The number of thiophene rings is 1. The van der Waals surface area contributed by atoms with Crippen LogP contribution >= 0.6 is 11.3 Å². The molecule has 0 spiro atoms. The minimum atomic E-state index is -0.195. The van der Waals surface area contributed by atoms with Gasteiger partial charge in [-0.1, -0.05) is 0 Å². The zero-order chi connectivity index (χ0) is 18.8. The van der Waals surface area contributed by atoms with Crippen LogP contribution in [-0.2, 0) is 11.3 Å². The molecule has 1 N–H and O–H groups in total. The fourth-order valence-electron chi connectivity index (χ4n) is 2.99. The van der Waals surface area contributed by atoms with E-state index in [0.29, 0.717) is 23.7 Å². The lowest BCUT2D eigenvalue weighted by atomic mass is 10.1. The maximum absolute atomic E-state index is 12.8. The van der Waals surface area contributed by atoms with Gasteiger partial charge in [0, 0.05) is 37.0 Å². The molecule has 0 radical (unpaired) electrons. The van der Waals surface area contributed by atoms with Crippen LogP contribution in [0.5, 0.6) is 0 Å². The number of rotatable bonds is 5. The van der Waals surface area contributed by atoms with Gasteiger partial charge in [0.15, 0.2) is 0 Å². The van der Waals surface area contributed by atoms with Crippen molar-refractivity contribution in [2.75, 3.05) is 19.0 Å². The van der Waals surface area contributed by atoms with Crippen LogP contribution in [0.15, 0.2) is 29.2 Å². The molecular formula is C19H21N3O3S. The SMILES string of the molecule is COCCn1cc(NC(=O)c2sc3nc(C)cc(C)c3c2C)ccc1=O. The van der Waals surface area contributed by atoms with E-state index in [1.807, 2.05) is 26.8 Å². The second kappa shape index (κ2) is 7.39. The van der Waals surface area contributed by atoms with Crippen LogP contribution < -0.4 is 10.9 Å². The van der Waals surface area contributed by atoms with Gasteiger partial charge in [0.2, 0.25) is 0 Å². The van der Waals surface area contributed by atoms with E-state index >= 15 is 0 Å². The zero-order valence-electron chi connectivity index (χ0n) is 15.3. The molecule has 0 fully saturated rings. The minimum absolute atomic E-state index is 0.131. The first-order valence-electron chi connectivity index (χ1n) is 8.29. The maximum Gasteiger partial charge on any atom is 0.266 e. The molecule has 7 heteroatoms. The number of hydrogen-bond acceptors (Lipinski definition) is 5. The predicted octanol–water partition coefficient (Wildman–Crippen LogP) is 3.28. The third-order valence-corrected chi connectivity index (χ3v) is 5.39. The van der Waals surface area contributed by atoms with Gasteiger partial charge in [0.25, 0.3) is 11.5 Å². The van der Waals surface area contributed by atoms with Gasteiger partial charge < -0.3 is 14.6 Å². The Morgan fingerprint density at radius 1 is 1.31 bits per heavy atom. The Labute approximate surface area is 155 Å². The molecule has 0 atom stereocenters. The molecule has 3 aromatic rings. The van der Waals surface area contributed by atoms with Crippen molar-refractivity contribution < 1.29 is 9.53 Å². The Hall–Kier alpha value is -2.51. The minimum Gasteiger partial charge on any atom is -0.383 e. The molecule has 0 saturated carbocycles. The number of ether oxygens (including phenoxy) is 1. The van der Waals surface area contributed by atoms with Gasteiger partial charge >= 0.3 is 0 Å². The lowest BCUT2D eigenvalue weighted by molar-refractivity contribution is 0.103. The summed E-state index contributed by atoms with van der Waals surface area (Å²) >= 11 is 1.39. The van der Waals surface area contributed by atoms with Gasteiger partial charge in [-0.15, -0.1) is 11.3 Å². The molecule has 1 amide bonds. The summed E-state index contributed by atoms with van der Waals surface area (Å²) in [6, 6.07) is 5.08. The van der Waals surface area contributed by atoms with Crippen molar-refractivity contribution in [2.24, 2.45) is 0 Å². The van der Waals surface area contributed by atoms with Crippen LogP contribution in [0.1, 0.15) is 26.5 Å². The van der Waals surface area contributed by atoms with Crippen molar-refractivity contribution in [1.82, 2.24) is 9.55 Å². The number of aryl methyl sites for hydroxylation is 3. The van der Waals surface area contributed by atoms with E-state index < -0.39 is 0 Å². The molecule has 0 aliphatic carbocycles. The van der Waals surface area contributed by atoms with E-state index in [2.05, 4.69) is 10.3 Å². The Balaban J connectivity index is 1.91. The Bertz CT molecular complexity index is 1040. The first-order chi connectivity index (χ1) is 12.4. The maximum atomic E-state index is 12.8. The highest BCUT2D eigenvalue weighted by atomic mass is 32.1. The van der Waals surface area contributed by atoms with Crippen LogP contribution in [0, 0.1) is 20.8 Å². The van der Waals surface area contributed by atoms with E-state index in [9.17, 15) is 9.59 Å². The Kier molecular flexibility index (Phi) is 5.20. The molecule has 3 aromatic heterocycles. The highest BCUT2D eigenvalue weighted by molar-refractivity contribution is 7.20. The summed E-state index contributed by atoms with van der Waals surface area (Å²) in [5, 5.41) is 3.92. The number of nitrogens with one attached hydrogen (secondary N) is 1. The zero-order valence-corrected chi connectivity index (χ0v) is 16.1. The van der Waals surface area contributed by atoms with E-state index in [4.69, 9.17) is 4.74 Å². The number of aromatic nitrogens is 2. The predicted molar refractivity (Wildman–Crippen MR) is 104 cm³/mol. The Morgan fingerprint density at radius 3 is 2.81 bits per heavy atom.